The number of anilines is 1. The fraction of sp³-hybridized carbons (Fsp3) is 0.706. The lowest BCUT2D eigenvalue weighted by atomic mass is 10.0. The second kappa shape index (κ2) is 7.76. The Labute approximate surface area is 165 Å². The Morgan fingerprint density at radius 2 is 1.86 bits per heavy atom. The second-order valence-electron chi connectivity index (χ2n) is 7.91. The summed E-state index contributed by atoms with van der Waals surface area (Å²) in [5.41, 5.74) is -2.05. The Morgan fingerprint density at radius 1 is 1.25 bits per heavy atom. The van der Waals surface area contributed by atoms with E-state index < -0.39 is 34.4 Å². The zero-order valence-electron chi connectivity index (χ0n) is 16.3. The Kier molecular flexibility index (Phi) is 6.17. The molecule has 11 heteroatoms. The van der Waals surface area contributed by atoms with Crippen LogP contribution in [0.25, 0.3) is 0 Å². The van der Waals surface area contributed by atoms with Crippen LogP contribution in [0.2, 0.25) is 0 Å². The van der Waals surface area contributed by atoms with Crippen molar-refractivity contribution in [2.45, 2.75) is 52.4 Å². The van der Waals surface area contributed by atoms with Crippen LogP contribution in [0.5, 0.6) is 0 Å². The number of carboxylic acid groups (broad SMARTS) is 1. The maximum absolute atomic E-state index is 13.2. The van der Waals surface area contributed by atoms with Crippen molar-refractivity contribution in [1.82, 2.24) is 9.88 Å². The highest BCUT2D eigenvalue weighted by molar-refractivity contribution is 7.17. The molecule has 0 aromatic carbocycles. The number of hydrogen-bond acceptors (Lipinski definition) is 6. The van der Waals surface area contributed by atoms with E-state index in [-0.39, 0.29) is 36.7 Å². The third-order valence-corrected chi connectivity index (χ3v) is 5.24. The zero-order valence-corrected chi connectivity index (χ0v) is 17.1. The van der Waals surface area contributed by atoms with E-state index in [4.69, 9.17) is 9.84 Å². The maximum Gasteiger partial charge on any atom is 0.435 e. The van der Waals surface area contributed by atoms with Gasteiger partial charge in [0, 0.05) is 19.6 Å². The van der Waals surface area contributed by atoms with Crippen LogP contribution in [0, 0.1) is 5.92 Å². The van der Waals surface area contributed by atoms with Crippen molar-refractivity contribution in [3.8, 4) is 0 Å². The number of thiazole rings is 1. The average molecular weight is 423 g/mol. The standard InChI is InChI=1S/C17H24F3N3O4S/c1-9(2)10-8-22(15(26)27-16(3,4)5)6-7-23(10)14-21-12(17(18,19)20)11(28-14)13(24)25/h9-10H,6-8H2,1-5H3,(H,24,25)/t10-/m1/s1. The van der Waals surface area contributed by atoms with Gasteiger partial charge in [-0.1, -0.05) is 25.2 Å². The molecule has 0 bridgehead atoms. The molecule has 1 amide bonds. The van der Waals surface area contributed by atoms with Gasteiger partial charge in [0.2, 0.25) is 0 Å². The van der Waals surface area contributed by atoms with Crippen molar-refractivity contribution in [2.75, 3.05) is 24.5 Å². The van der Waals surface area contributed by atoms with Crippen molar-refractivity contribution >= 4 is 28.5 Å². The van der Waals surface area contributed by atoms with E-state index in [9.17, 15) is 22.8 Å². The van der Waals surface area contributed by atoms with Gasteiger partial charge >= 0.3 is 18.2 Å². The molecule has 0 radical (unpaired) electrons. The number of alkyl halides is 3. The number of aromatic nitrogens is 1. The van der Waals surface area contributed by atoms with Crippen molar-refractivity contribution in [3.63, 3.8) is 0 Å². The number of aromatic carboxylic acids is 1. The summed E-state index contributed by atoms with van der Waals surface area (Å²) >= 11 is 0.502. The minimum absolute atomic E-state index is 0.00716. The van der Waals surface area contributed by atoms with Crippen LogP contribution in [0.3, 0.4) is 0 Å². The Hall–Kier alpha value is -2.04. The van der Waals surface area contributed by atoms with Crippen molar-refractivity contribution in [2.24, 2.45) is 5.92 Å². The van der Waals surface area contributed by atoms with E-state index in [1.54, 1.807) is 25.7 Å². The lowest BCUT2D eigenvalue weighted by Gasteiger charge is -2.43. The number of ether oxygens (including phenoxy) is 1. The summed E-state index contributed by atoms with van der Waals surface area (Å²) in [6.07, 6.45) is -5.34. The van der Waals surface area contributed by atoms with E-state index in [1.807, 2.05) is 13.8 Å². The van der Waals surface area contributed by atoms with Crippen LogP contribution in [0.15, 0.2) is 0 Å². The number of carboxylic acids is 1. The first-order valence-electron chi connectivity index (χ1n) is 8.76. The summed E-state index contributed by atoms with van der Waals surface area (Å²) in [7, 11) is 0. The summed E-state index contributed by atoms with van der Waals surface area (Å²) in [6.45, 7) is 9.73. The van der Waals surface area contributed by atoms with Gasteiger partial charge in [-0.3, -0.25) is 0 Å². The maximum atomic E-state index is 13.2. The number of amides is 1. The molecule has 1 aliphatic rings. The normalized spacial score (nSPS) is 18.5. The Bertz CT molecular complexity index is 743. The Morgan fingerprint density at radius 3 is 2.29 bits per heavy atom. The number of carbonyl (C=O) groups excluding carboxylic acids is 1. The smallest absolute Gasteiger partial charge is 0.435 e. The number of halogens is 3. The van der Waals surface area contributed by atoms with Crippen LogP contribution in [-0.4, -0.2) is 58.3 Å². The van der Waals surface area contributed by atoms with Gasteiger partial charge in [0.15, 0.2) is 10.8 Å². The van der Waals surface area contributed by atoms with Crippen molar-refractivity contribution < 1.29 is 32.6 Å². The molecule has 1 aromatic heterocycles. The van der Waals surface area contributed by atoms with Gasteiger partial charge in [-0.2, -0.15) is 13.2 Å². The fourth-order valence-corrected chi connectivity index (χ4v) is 3.89. The van der Waals surface area contributed by atoms with E-state index >= 15 is 0 Å². The molecule has 0 spiro atoms. The highest BCUT2D eigenvalue weighted by Crippen LogP contribution is 2.39. The molecule has 1 N–H and O–H groups in total. The first-order chi connectivity index (χ1) is 12.7. The Balaban J connectivity index is 2.30. The summed E-state index contributed by atoms with van der Waals surface area (Å²) < 4.78 is 44.9. The molecule has 0 aliphatic carbocycles. The molecule has 1 saturated heterocycles. The minimum atomic E-state index is -4.85. The molecule has 1 fully saturated rings. The van der Waals surface area contributed by atoms with Crippen LogP contribution < -0.4 is 4.90 Å². The lowest BCUT2D eigenvalue weighted by molar-refractivity contribution is -0.141. The molecular weight excluding hydrogens is 399 g/mol. The van der Waals surface area contributed by atoms with Crippen LogP contribution in [-0.2, 0) is 10.9 Å². The van der Waals surface area contributed by atoms with Gasteiger partial charge in [0.05, 0.1) is 6.04 Å². The van der Waals surface area contributed by atoms with E-state index in [1.165, 1.54) is 4.90 Å². The molecule has 0 unspecified atom stereocenters. The monoisotopic (exact) mass is 423 g/mol. The molecule has 1 aliphatic heterocycles. The summed E-state index contributed by atoms with van der Waals surface area (Å²) in [5, 5.41) is 9.11. The molecule has 0 saturated carbocycles. The van der Waals surface area contributed by atoms with Gasteiger partial charge in [-0.15, -0.1) is 0 Å². The van der Waals surface area contributed by atoms with Gasteiger partial charge < -0.3 is 19.6 Å². The van der Waals surface area contributed by atoms with Gasteiger partial charge in [0.1, 0.15) is 10.5 Å². The molecule has 1 aromatic rings. The molecule has 1 atom stereocenters. The van der Waals surface area contributed by atoms with Crippen LogP contribution in [0.4, 0.5) is 23.1 Å². The first-order valence-corrected chi connectivity index (χ1v) is 9.58. The molecular formula is C17H24F3N3O4S. The van der Waals surface area contributed by atoms with Crippen molar-refractivity contribution in [1.29, 1.82) is 0 Å². The summed E-state index contributed by atoms with van der Waals surface area (Å²) in [5.74, 6) is -1.68. The predicted octanol–water partition coefficient (Wildman–Crippen LogP) is 3.94. The lowest BCUT2D eigenvalue weighted by Crippen LogP contribution is -2.57. The highest BCUT2D eigenvalue weighted by Gasteiger charge is 2.42. The third-order valence-electron chi connectivity index (χ3n) is 4.16. The molecule has 28 heavy (non-hydrogen) atoms. The van der Waals surface area contributed by atoms with Crippen LogP contribution >= 0.6 is 11.3 Å². The van der Waals surface area contributed by atoms with Gasteiger partial charge in [0.25, 0.3) is 0 Å². The summed E-state index contributed by atoms with van der Waals surface area (Å²) in [4.78, 5) is 29.5. The fourth-order valence-electron chi connectivity index (χ4n) is 2.88. The highest BCUT2D eigenvalue weighted by atomic mass is 32.1. The topological polar surface area (TPSA) is 83.0 Å². The number of rotatable bonds is 3. The number of carbonyl (C=O) groups is 2. The SMILES string of the molecule is CC(C)[C@H]1CN(C(=O)OC(C)(C)C)CCN1c1nc(C(F)(F)F)c(C(=O)O)s1. The van der Waals surface area contributed by atoms with Gasteiger partial charge in [-0.25, -0.2) is 14.6 Å². The second-order valence-corrected chi connectivity index (χ2v) is 8.89. The van der Waals surface area contributed by atoms with Crippen LogP contribution in [0.1, 0.15) is 50.0 Å². The number of hydrogen-bond donors (Lipinski definition) is 1. The van der Waals surface area contributed by atoms with E-state index in [2.05, 4.69) is 4.98 Å². The number of piperazine rings is 1. The first kappa shape index (κ1) is 22.3. The third kappa shape index (κ3) is 5.06. The van der Waals surface area contributed by atoms with Crippen molar-refractivity contribution in [3.05, 3.63) is 10.6 Å². The van der Waals surface area contributed by atoms with Gasteiger partial charge in [-0.05, 0) is 26.7 Å². The average Bonchev–Trinajstić information content (AvgIpc) is 2.98. The summed E-state index contributed by atoms with van der Waals surface area (Å²) in [6, 6.07) is -0.324. The largest absolute Gasteiger partial charge is 0.477 e. The number of nitrogens with zero attached hydrogens (tertiary/aromatic N) is 3. The van der Waals surface area contributed by atoms with E-state index in [0.29, 0.717) is 11.3 Å². The quantitative estimate of drug-likeness (QED) is 0.793. The zero-order chi connectivity index (χ0) is 21.4. The predicted molar refractivity (Wildman–Crippen MR) is 97.9 cm³/mol. The minimum Gasteiger partial charge on any atom is -0.477 e. The van der Waals surface area contributed by atoms with E-state index in [0.717, 1.165) is 0 Å². The molecule has 2 heterocycles. The molecule has 7 nitrogen and oxygen atoms in total. The molecule has 158 valence electrons. The molecule has 2 rings (SSSR count).